The van der Waals surface area contributed by atoms with Crippen molar-refractivity contribution in [3.8, 4) is 23.1 Å². The van der Waals surface area contributed by atoms with Crippen molar-refractivity contribution >= 4 is 34.7 Å². The predicted octanol–water partition coefficient (Wildman–Crippen LogP) is 3.59. The van der Waals surface area contributed by atoms with Crippen LogP contribution in [0.25, 0.3) is 16.8 Å². The number of benzene rings is 1. The number of anilines is 3. The molecule has 0 radical (unpaired) electrons. The van der Waals surface area contributed by atoms with Gasteiger partial charge in [-0.05, 0) is 68.8 Å². The molecule has 7 rings (SSSR count). The van der Waals surface area contributed by atoms with Crippen LogP contribution in [-0.2, 0) is 4.79 Å². The highest BCUT2D eigenvalue weighted by Crippen LogP contribution is 2.58. The van der Waals surface area contributed by atoms with Crippen LogP contribution in [-0.4, -0.2) is 80.7 Å². The van der Waals surface area contributed by atoms with Crippen LogP contribution in [0.5, 0.6) is 0 Å². The Kier molecular flexibility index (Phi) is 7.13. The van der Waals surface area contributed by atoms with Gasteiger partial charge in [0.25, 0.3) is 11.8 Å². The van der Waals surface area contributed by atoms with Gasteiger partial charge in [-0.2, -0.15) is 0 Å². The first-order valence-electron chi connectivity index (χ1n) is 15.1. The smallest absolute Gasteiger partial charge is 0.299 e. The van der Waals surface area contributed by atoms with Gasteiger partial charge < -0.3 is 25.8 Å². The van der Waals surface area contributed by atoms with Crippen molar-refractivity contribution in [3.05, 3.63) is 66.1 Å². The number of rotatable bonds is 5. The maximum Gasteiger partial charge on any atom is 0.299 e. The second kappa shape index (κ2) is 11.2. The number of aromatic nitrogens is 4. The topological polar surface area (TPSA) is 125 Å². The molecule has 5 heterocycles. The van der Waals surface area contributed by atoms with Crippen LogP contribution >= 0.6 is 0 Å². The summed E-state index contributed by atoms with van der Waals surface area (Å²) in [5.41, 5.74) is 8.43. The molecule has 230 valence electrons. The molecule has 1 atom stereocenters. The Morgan fingerprint density at radius 2 is 1.89 bits per heavy atom. The lowest BCUT2D eigenvalue weighted by Gasteiger charge is -2.34. The minimum Gasteiger partial charge on any atom is -0.382 e. The number of nitrogens with two attached hydrogens (primary N) is 1. The second-order valence-corrected chi connectivity index (χ2v) is 12.2. The summed E-state index contributed by atoms with van der Waals surface area (Å²) < 4.78 is 17.7. The molecule has 3 N–H and O–H groups in total. The molecular weight excluding hydrogens is 573 g/mol. The molecule has 1 spiro atoms. The van der Waals surface area contributed by atoms with Crippen LogP contribution < -0.4 is 16.0 Å². The van der Waals surface area contributed by atoms with Crippen LogP contribution in [0.15, 0.2) is 48.9 Å². The van der Waals surface area contributed by atoms with E-state index >= 15 is 4.39 Å². The molecular formula is C33H34FN9O2. The molecule has 3 fully saturated rings. The fraction of sp³-hybridized carbons (Fsp3) is 0.364. The zero-order chi connectivity index (χ0) is 31.3. The molecule has 3 aromatic heterocycles. The van der Waals surface area contributed by atoms with Gasteiger partial charge in [-0.3, -0.25) is 14.0 Å². The summed E-state index contributed by atoms with van der Waals surface area (Å²) >= 11 is 0. The van der Waals surface area contributed by atoms with Gasteiger partial charge in [0.1, 0.15) is 34.5 Å². The Balaban J connectivity index is 1.18. The zero-order valence-corrected chi connectivity index (χ0v) is 25.3. The van der Waals surface area contributed by atoms with Crippen LogP contribution in [0.1, 0.15) is 48.4 Å². The molecule has 1 aromatic carbocycles. The summed E-state index contributed by atoms with van der Waals surface area (Å²) in [5, 5.41) is 2.80. The molecule has 2 aliphatic heterocycles. The summed E-state index contributed by atoms with van der Waals surface area (Å²) in [7, 11) is 2.10. The average Bonchev–Trinajstić information content (AvgIpc) is 3.51. The largest absolute Gasteiger partial charge is 0.382 e. The van der Waals surface area contributed by atoms with Gasteiger partial charge in [0.2, 0.25) is 0 Å². The summed E-state index contributed by atoms with van der Waals surface area (Å²) in [5.74, 6) is 5.17. The van der Waals surface area contributed by atoms with Crippen molar-refractivity contribution in [3.63, 3.8) is 0 Å². The quantitative estimate of drug-likeness (QED) is 0.330. The minimum absolute atomic E-state index is 0.0689. The maximum absolute atomic E-state index is 15.9. The van der Waals surface area contributed by atoms with E-state index in [-0.39, 0.29) is 34.3 Å². The molecule has 45 heavy (non-hydrogen) atoms. The molecule has 4 aromatic rings. The number of amides is 2. The normalized spacial score (nSPS) is 19.0. The lowest BCUT2D eigenvalue weighted by Crippen LogP contribution is -2.44. The molecule has 12 heteroatoms. The van der Waals surface area contributed by atoms with E-state index in [0.717, 1.165) is 51.1 Å². The number of hydrogen-bond donors (Lipinski definition) is 2. The van der Waals surface area contributed by atoms with Crippen molar-refractivity contribution < 1.29 is 14.0 Å². The van der Waals surface area contributed by atoms with Crippen LogP contribution in [0.2, 0.25) is 0 Å². The number of hydrogen-bond acceptors (Lipinski definition) is 8. The third kappa shape index (κ3) is 5.33. The van der Waals surface area contributed by atoms with Gasteiger partial charge in [-0.15, -0.1) is 0 Å². The van der Waals surface area contributed by atoms with Crippen molar-refractivity contribution in [1.82, 2.24) is 29.2 Å². The number of nitrogens with zero attached hydrogens (tertiary/aromatic N) is 7. The van der Waals surface area contributed by atoms with E-state index in [0.29, 0.717) is 29.4 Å². The number of carbonyl (C=O) groups excluding carboxylic acids is 2. The Morgan fingerprint density at radius 3 is 2.62 bits per heavy atom. The highest BCUT2D eigenvalue weighted by Gasteiger charge is 2.54. The summed E-state index contributed by atoms with van der Waals surface area (Å²) in [6, 6.07) is 7.68. The third-order valence-electron chi connectivity index (χ3n) is 9.21. The summed E-state index contributed by atoms with van der Waals surface area (Å²) in [4.78, 5) is 45.9. The number of halogens is 1. The number of nitrogens with one attached hydrogen (secondary N) is 1. The first-order chi connectivity index (χ1) is 21.7. The Labute approximate surface area is 260 Å². The standard InChI is InChI=1S/C33H34FN9O2/c1-3-4-27(44)43-20-33(8-9-33)19-25(43)31-39-28(29-30(35)37-11-12-42(29)31)23-6-5-21(17-24(23)34)32(45)38-26-18-22(7-10-36-26)41-15-13-40(2)14-16-41/h5-7,10-12,17-18,25H,8-9,13-16,19-20H2,1-2H3,(H2,35,37)(H,36,38,45)/t25-/m0/s1. The molecule has 3 aliphatic rings. The van der Waals surface area contributed by atoms with Crippen LogP contribution in [0, 0.1) is 23.1 Å². The average molecular weight is 608 g/mol. The first kappa shape index (κ1) is 28.7. The monoisotopic (exact) mass is 607 g/mol. The fourth-order valence-electron chi connectivity index (χ4n) is 6.51. The van der Waals surface area contributed by atoms with Crippen LogP contribution in [0.3, 0.4) is 0 Å². The Hall–Kier alpha value is -5.02. The number of fused-ring (bicyclic) bond motifs is 1. The molecule has 11 nitrogen and oxygen atoms in total. The number of piperazine rings is 1. The van der Waals surface area contributed by atoms with E-state index in [1.807, 2.05) is 12.1 Å². The highest BCUT2D eigenvalue weighted by molar-refractivity contribution is 6.04. The summed E-state index contributed by atoms with van der Waals surface area (Å²) in [6.07, 6.45) is 7.78. The van der Waals surface area contributed by atoms with Crippen molar-refractivity contribution in [2.24, 2.45) is 5.41 Å². The number of nitrogen functional groups attached to an aromatic ring is 1. The van der Waals surface area contributed by atoms with Gasteiger partial charge in [0.05, 0.1) is 6.04 Å². The zero-order valence-electron chi connectivity index (χ0n) is 25.3. The van der Waals surface area contributed by atoms with Gasteiger partial charge >= 0.3 is 0 Å². The van der Waals surface area contributed by atoms with Crippen LogP contribution in [0.4, 0.5) is 21.7 Å². The molecule has 0 bridgehead atoms. The van der Waals surface area contributed by atoms with E-state index in [1.165, 1.54) is 12.1 Å². The van der Waals surface area contributed by atoms with Crippen molar-refractivity contribution in [2.75, 3.05) is 55.7 Å². The van der Waals surface area contributed by atoms with Gasteiger partial charge in [-0.25, -0.2) is 19.3 Å². The molecule has 0 unspecified atom stereocenters. The first-order valence-corrected chi connectivity index (χ1v) is 15.1. The molecule has 2 saturated heterocycles. The van der Waals surface area contributed by atoms with Gasteiger partial charge in [0.15, 0.2) is 0 Å². The summed E-state index contributed by atoms with van der Waals surface area (Å²) in [6.45, 7) is 5.93. The lowest BCUT2D eigenvalue weighted by atomic mass is 10.0. The number of pyridine rings is 1. The Morgan fingerprint density at radius 1 is 1.09 bits per heavy atom. The third-order valence-corrected chi connectivity index (χ3v) is 9.21. The SMILES string of the molecule is CC#CC(=O)N1CC2(CC2)C[C@H]1c1nc(-c2ccc(C(=O)Nc3cc(N4CCN(C)CC4)ccn3)cc2F)c2c(N)nccn12. The number of likely N-dealkylation sites (N-methyl/N-ethyl adjacent to an activating group) is 1. The number of imidazole rings is 1. The molecule has 1 saturated carbocycles. The van der Waals surface area contributed by atoms with Gasteiger partial charge in [0, 0.05) is 74.2 Å². The van der Waals surface area contributed by atoms with Crippen molar-refractivity contribution in [2.45, 2.75) is 32.2 Å². The van der Waals surface area contributed by atoms with Crippen molar-refractivity contribution in [1.29, 1.82) is 0 Å². The van der Waals surface area contributed by atoms with E-state index in [2.05, 4.69) is 44.0 Å². The number of carbonyl (C=O) groups is 2. The Bertz CT molecular complexity index is 1880. The molecule has 1 aliphatic carbocycles. The minimum atomic E-state index is -0.633. The predicted molar refractivity (Wildman–Crippen MR) is 169 cm³/mol. The second-order valence-electron chi connectivity index (χ2n) is 12.2. The van der Waals surface area contributed by atoms with E-state index < -0.39 is 11.7 Å². The maximum atomic E-state index is 15.9. The lowest BCUT2D eigenvalue weighted by molar-refractivity contribution is -0.126. The highest BCUT2D eigenvalue weighted by atomic mass is 19.1. The molecule has 2 amide bonds. The fourth-order valence-corrected chi connectivity index (χ4v) is 6.51. The van der Waals surface area contributed by atoms with E-state index in [4.69, 9.17) is 10.7 Å². The number of likely N-dealkylation sites (tertiary alicyclic amines) is 1. The van der Waals surface area contributed by atoms with E-state index in [1.54, 1.807) is 40.9 Å². The van der Waals surface area contributed by atoms with Gasteiger partial charge in [-0.1, -0.05) is 5.92 Å². The van der Waals surface area contributed by atoms with E-state index in [9.17, 15) is 9.59 Å².